The van der Waals surface area contributed by atoms with E-state index in [9.17, 15) is 4.79 Å². The Morgan fingerprint density at radius 1 is 0.742 bits per heavy atom. The lowest BCUT2D eigenvalue weighted by atomic mass is 9.96. The predicted octanol–water partition coefficient (Wildman–Crippen LogP) is 3.49. The van der Waals surface area contributed by atoms with Crippen molar-refractivity contribution in [2.45, 2.75) is 12.1 Å². The molecular weight excluding hydrogens is 384 g/mol. The van der Waals surface area contributed by atoms with Gasteiger partial charge >= 0.3 is 0 Å². The minimum absolute atomic E-state index is 0.173. The van der Waals surface area contributed by atoms with Gasteiger partial charge in [-0.25, -0.2) is 0 Å². The van der Waals surface area contributed by atoms with E-state index in [4.69, 9.17) is 11.0 Å². The number of nitrogens with two attached hydrogens (primary N) is 1. The van der Waals surface area contributed by atoms with Crippen LogP contribution in [0.25, 0.3) is 0 Å². The topological polar surface area (TPSA) is 73.4 Å². The van der Waals surface area contributed by atoms with Crippen LogP contribution < -0.4 is 5.73 Å². The molecule has 0 aliphatic carbocycles. The monoisotopic (exact) mass is 410 g/mol. The first kappa shape index (κ1) is 20.8. The molecule has 31 heavy (non-hydrogen) atoms. The van der Waals surface area contributed by atoms with Gasteiger partial charge < -0.3 is 5.73 Å². The van der Waals surface area contributed by atoms with E-state index in [2.05, 4.69) is 64.4 Å². The van der Waals surface area contributed by atoms with E-state index in [0.29, 0.717) is 5.56 Å². The third kappa shape index (κ3) is 4.66. The summed E-state index contributed by atoms with van der Waals surface area (Å²) in [6.45, 7) is 3.14. The standard InChI is InChI=1S/C26H26N4O/c27-19-20-11-13-23(14-12-20)25(26(28)31)30-17-15-29(16-18-30)24(21-7-3-1-4-8-21)22-9-5-2-6-10-22/h1-14,24-25H,15-18H2,(H2,28,31). The molecule has 1 heterocycles. The van der Waals surface area contributed by atoms with Crippen LogP contribution in [0.5, 0.6) is 0 Å². The van der Waals surface area contributed by atoms with E-state index in [1.807, 2.05) is 24.3 Å². The molecule has 1 unspecified atom stereocenters. The summed E-state index contributed by atoms with van der Waals surface area (Å²) >= 11 is 0. The third-order valence-corrected chi connectivity index (χ3v) is 5.93. The summed E-state index contributed by atoms with van der Waals surface area (Å²) < 4.78 is 0. The van der Waals surface area contributed by atoms with Crippen molar-refractivity contribution in [1.29, 1.82) is 5.26 Å². The largest absolute Gasteiger partial charge is 0.368 e. The Morgan fingerprint density at radius 2 is 1.23 bits per heavy atom. The van der Waals surface area contributed by atoms with Crippen molar-refractivity contribution >= 4 is 5.91 Å². The fraction of sp³-hybridized carbons (Fsp3) is 0.231. The van der Waals surface area contributed by atoms with Crippen molar-refractivity contribution in [2.75, 3.05) is 26.2 Å². The highest BCUT2D eigenvalue weighted by Gasteiger charge is 2.32. The van der Waals surface area contributed by atoms with E-state index >= 15 is 0 Å². The summed E-state index contributed by atoms with van der Waals surface area (Å²) in [4.78, 5) is 16.9. The maximum Gasteiger partial charge on any atom is 0.239 e. The lowest BCUT2D eigenvalue weighted by Crippen LogP contribution is -2.51. The van der Waals surface area contributed by atoms with Crippen molar-refractivity contribution < 1.29 is 4.79 Å². The molecule has 0 aromatic heterocycles. The Labute approximate surface area is 183 Å². The van der Waals surface area contributed by atoms with Gasteiger partial charge in [0.2, 0.25) is 5.91 Å². The van der Waals surface area contributed by atoms with Gasteiger partial charge in [0, 0.05) is 26.2 Å². The number of hydrogen-bond acceptors (Lipinski definition) is 4. The highest BCUT2D eigenvalue weighted by atomic mass is 16.1. The molecule has 2 N–H and O–H groups in total. The van der Waals surface area contributed by atoms with E-state index in [1.165, 1.54) is 11.1 Å². The van der Waals surface area contributed by atoms with Gasteiger partial charge in [-0.2, -0.15) is 5.26 Å². The summed E-state index contributed by atoms with van der Waals surface area (Å²) in [6.07, 6.45) is 0. The van der Waals surface area contributed by atoms with Crippen LogP contribution in [0, 0.1) is 11.3 Å². The predicted molar refractivity (Wildman–Crippen MR) is 121 cm³/mol. The Balaban J connectivity index is 1.54. The van der Waals surface area contributed by atoms with Crippen molar-refractivity contribution in [3.8, 4) is 6.07 Å². The Hall–Kier alpha value is -3.46. The van der Waals surface area contributed by atoms with Crippen LogP contribution in [0.3, 0.4) is 0 Å². The van der Waals surface area contributed by atoms with Gasteiger partial charge in [0.1, 0.15) is 6.04 Å². The second-order valence-corrected chi connectivity index (χ2v) is 7.83. The molecule has 0 saturated carbocycles. The lowest BCUT2D eigenvalue weighted by Gasteiger charge is -2.42. The van der Waals surface area contributed by atoms with E-state index in [0.717, 1.165) is 31.7 Å². The first-order valence-electron chi connectivity index (χ1n) is 10.5. The number of primary amides is 1. The van der Waals surface area contributed by atoms with E-state index < -0.39 is 6.04 Å². The van der Waals surface area contributed by atoms with Gasteiger partial charge in [-0.3, -0.25) is 14.6 Å². The number of hydrogen-bond donors (Lipinski definition) is 1. The van der Waals surface area contributed by atoms with E-state index in [-0.39, 0.29) is 11.9 Å². The number of amides is 1. The molecule has 4 rings (SSSR count). The van der Waals surface area contributed by atoms with Crippen LogP contribution in [0.2, 0.25) is 0 Å². The van der Waals surface area contributed by atoms with Crippen LogP contribution in [0.1, 0.15) is 34.3 Å². The molecule has 0 spiro atoms. The summed E-state index contributed by atoms with van der Waals surface area (Å²) in [5.74, 6) is -0.360. The number of rotatable bonds is 6. The highest BCUT2D eigenvalue weighted by molar-refractivity contribution is 5.81. The summed E-state index contributed by atoms with van der Waals surface area (Å²) in [5.41, 5.74) is 9.73. The maximum absolute atomic E-state index is 12.3. The fourth-order valence-electron chi connectivity index (χ4n) is 4.43. The molecule has 0 radical (unpaired) electrons. The number of nitriles is 1. The molecule has 1 atom stereocenters. The highest BCUT2D eigenvalue weighted by Crippen LogP contribution is 2.31. The zero-order valence-corrected chi connectivity index (χ0v) is 17.4. The molecule has 156 valence electrons. The van der Waals surface area contributed by atoms with Gasteiger partial charge in [-0.1, -0.05) is 72.8 Å². The van der Waals surface area contributed by atoms with Crippen LogP contribution in [-0.2, 0) is 4.79 Å². The number of nitrogens with zero attached hydrogens (tertiary/aromatic N) is 3. The number of carbonyl (C=O) groups excluding carboxylic acids is 1. The first-order valence-corrected chi connectivity index (χ1v) is 10.5. The molecular formula is C26H26N4O. The molecule has 1 amide bonds. The molecule has 1 fully saturated rings. The molecule has 1 aliphatic rings. The Morgan fingerprint density at radius 3 is 1.68 bits per heavy atom. The molecule has 3 aromatic rings. The lowest BCUT2D eigenvalue weighted by molar-refractivity contribution is -0.124. The summed E-state index contributed by atoms with van der Waals surface area (Å²) in [5, 5.41) is 9.04. The van der Waals surface area contributed by atoms with Crippen molar-refractivity contribution in [3.05, 3.63) is 107 Å². The quantitative estimate of drug-likeness (QED) is 0.675. The molecule has 1 aliphatic heterocycles. The molecule has 1 saturated heterocycles. The third-order valence-electron chi connectivity index (χ3n) is 5.93. The minimum atomic E-state index is -0.484. The number of piperazine rings is 1. The second kappa shape index (κ2) is 9.57. The van der Waals surface area contributed by atoms with Crippen LogP contribution >= 0.6 is 0 Å². The number of benzene rings is 3. The average Bonchev–Trinajstić information content (AvgIpc) is 2.82. The van der Waals surface area contributed by atoms with Gasteiger partial charge in [0.15, 0.2) is 0 Å². The minimum Gasteiger partial charge on any atom is -0.368 e. The molecule has 5 heteroatoms. The normalized spacial score (nSPS) is 16.0. The smallest absolute Gasteiger partial charge is 0.239 e. The Bertz CT molecular complexity index is 997. The van der Waals surface area contributed by atoms with Gasteiger partial charge in [0.05, 0.1) is 17.7 Å². The molecule has 0 bridgehead atoms. The zero-order chi connectivity index (χ0) is 21.6. The van der Waals surface area contributed by atoms with Gasteiger partial charge in [-0.15, -0.1) is 0 Å². The summed E-state index contributed by atoms with van der Waals surface area (Å²) in [6, 6.07) is 30.0. The second-order valence-electron chi connectivity index (χ2n) is 7.83. The van der Waals surface area contributed by atoms with Crippen LogP contribution in [0.15, 0.2) is 84.9 Å². The zero-order valence-electron chi connectivity index (χ0n) is 17.4. The Kier molecular flexibility index (Phi) is 6.42. The van der Waals surface area contributed by atoms with E-state index in [1.54, 1.807) is 12.1 Å². The van der Waals surface area contributed by atoms with Gasteiger partial charge in [-0.05, 0) is 28.8 Å². The summed E-state index contributed by atoms with van der Waals surface area (Å²) in [7, 11) is 0. The van der Waals surface area contributed by atoms with Crippen molar-refractivity contribution in [2.24, 2.45) is 5.73 Å². The number of carbonyl (C=O) groups is 1. The molecule has 3 aromatic carbocycles. The van der Waals surface area contributed by atoms with Crippen molar-refractivity contribution in [1.82, 2.24) is 9.80 Å². The molecule has 5 nitrogen and oxygen atoms in total. The first-order chi connectivity index (χ1) is 15.2. The van der Waals surface area contributed by atoms with Gasteiger partial charge in [0.25, 0.3) is 0 Å². The van der Waals surface area contributed by atoms with Crippen LogP contribution in [-0.4, -0.2) is 41.9 Å². The fourth-order valence-corrected chi connectivity index (χ4v) is 4.43. The van der Waals surface area contributed by atoms with Crippen LogP contribution in [0.4, 0.5) is 0 Å². The average molecular weight is 411 g/mol. The van der Waals surface area contributed by atoms with Crippen molar-refractivity contribution in [3.63, 3.8) is 0 Å². The SMILES string of the molecule is N#Cc1ccc(C(C(N)=O)N2CCN(C(c3ccccc3)c3ccccc3)CC2)cc1. The maximum atomic E-state index is 12.3.